The second-order valence-corrected chi connectivity index (χ2v) is 5.20. The van der Waals surface area contributed by atoms with E-state index in [0.29, 0.717) is 18.0 Å². The summed E-state index contributed by atoms with van der Waals surface area (Å²) < 4.78 is 0. The molecule has 1 amide bonds. The highest BCUT2D eigenvalue weighted by Crippen LogP contribution is 2.14. The van der Waals surface area contributed by atoms with Gasteiger partial charge in [0.25, 0.3) is 5.91 Å². The summed E-state index contributed by atoms with van der Waals surface area (Å²) in [5.74, 6) is 0.562. The van der Waals surface area contributed by atoms with Gasteiger partial charge in [0.2, 0.25) is 0 Å². The van der Waals surface area contributed by atoms with Crippen LogP contribution in [0.15, 0.2) is 18.3 Å². The summed E-state index contributed by atoms with van der Waals surface area (Å²) in [6.45, 7) is 3.35. The second-order valence-electron chi connectivity index (χ2n) is 5.20. The van der Waals surface area contributed by atoms with E-state index in [1.54, 1.807) is 18.3 Å². The summed E-state index contributed by atoms with van der Waals surface area (Å²) in [5, 5.41) is 3.01. The number of nitrogens with one attached hydrogen (secondary N) is 1. The first-order valence-electron chi connectivity index (χ1n) is 6.81. The van der Waals surface area contributed by atoms with E-state index in [9.17, 15) is 4.79 Å². The minimum Gasteiger partial charge on any atom is -0.352 e. The first-order valence-corrected chi connectivity index (χ1v) is 6.81. The molecule has 3 N–H and O–H groups in total. The van der Waals surface area contributed by atoms with E-state index >= 15 is 0 Å². The number of rotatable bonds is 4. The smallest absolute Gasteiger partial charge is 0.251 e. The molecular formula is C14H22N4O. The van der Waals surface area contributed by atoms with Gasteiger partial charge in [-0.3, -0.25) is 9.78 Å². The van der Waals surface area contributed by atoms with E-state index in [0.717, 1.165) is 38.2 Å². The fourth-order valence-corrected chi connectivity index (χ4v) is 2.34. The third-order valence-electron chi connectivity index (χ3n) is 3.68. The Balaban J connectivity index is 1.83. The Morgan fingerprint density at radius 3 is 2.95 bits per heavy atom. The van der Waals surface area contributed by atoms with Crippen LogP contribution in [-0.2, 0) is 6.54 Å². The number of amides is 1. The molecule has 0 unspecified atom stereocenters. The molecule has 1 aromatic rings. The van der Waals surface area contributed by atoms with Crippen LogP contribution in [0.4, 0.5) is 0 Å². The van der Waals surface area contributed by atoms with Gasteiger partial charge in [-0.25, -0.2) is 0 Å². The van der Waals surface area contributed by atoms with E-state index in [1.165, 1.54) is 0 Å². The predicted octanol–water partition coefficient (Wildman–Crippen LogP) is 0.612. The summed E-state index contributed by atoms with van der Waals surface area (Å²) in [4.78, 5) is 18.4. The maximum absolute atomic E-state index is 12.0. The molecule has 104 valence electrons. The minimum atomic E-state index is -0.0315. The van der Waals surface area contributed by atoms with Gasteiger partial charge in [-0.15, -0.1) is 0 Å². The Kier molecular flexibility index (Phi) is 4.87. The molecule has 5 nitrogen and oxygen atoms in total. The summed E-state index contributed by atoms with van der Waals surface area (Å²) in [7, 11) is 2.14. The Morgan fingerprint density at radius 2 is 2.26 bits per heavy atom. The molecule has 0 aromatic carbocycles. The molecule has 0 bridgehead atoms. The third kappa shape index (κ3) is 4.01. The first kappa shape index (κ1) is 14.0. The Morgan fingerprint density at radius 1 is 1.53 bits per heavy atom. The molecule has 2 heterocycles. The van der Waals surface area contributed by atoms with Crippen LogP contribution in [0.1, 0.15) is 28.9 Å². The van der Waals surface area contributed by atoms with Gasteiger partial charge in [0.05, 0.1) is 5.69 Å². The molecule has 0 saturated carbocycles. The van der Waals surface area contributed by atoms with Crippen LogP contribution in [0.3, 0.4) is 0 Å². The van der Waals surface area contributed by atoms with Crippen LogP contribution in [0, 0.1) is 5.92 Å². The molecule has 0 atom stereocenters. The lowest BCUT2D eigenvalue weighted by Gasteiger charge is -2.28. The molecule has 5 heteroatoms. The maximum Gasteiger partial charge on any atom is 0.251 e. The molecule has 0 aliphatic carbocycles. The normalized spacial score (nSPS) is 17.4. The van der Waals surface area contributed by atoms with Gasteiger partial charge in [0.1, 0.15) is 0 Å². The average molecular weight is 262 g/mol. The zero-order valence-electron chi connectivity index (χ0n) is 11.4. The van der Waals surface area contributed by atoms with Gasteiger partial charge in [0.15, 0.2) is 0 Å². The lowest BCUT2D eigenvalue weighted by Crippen LogP contribution is -2.36. The van der Waals surface area contributed by atoms with Crippen LogP contribution in [0.5, 0.6) is 0 Å². The van der Waals surface area contributed by atoms with E-state index in [-0.39, 0.29) is 5.91 Å². The van der Waals surface area contributed by atoms with Gasteiger partial charge in [-0.05, 0) is 51.0 Å². The summed E-state index contributed by atoms with van der Waals surface area (Å²) in [6.07, 6.45) is 3.94. The predicted molar refractivity (Wildman–Crippen MR) is 74.7 cm³/mol. The van der Waals surface area contributed by atoms with E-state index in [1.807, 2.05) is 0 Å². The monoisotopic (exact) mass is 262 g/mol. The van der Waals surface area contributed by atoms with Gasteiger partial charge < -0.3 is 16.0 Å². The highest BCUT2D eigenvalue weighted by Gasteiger charge is 2.17. The summed E-state index contributed by atoms with van der Waals surface area (Å²) >= 11 is 0. The third-order valence-corrected chi connectivity index (χ3v) is 3.68. The Hall–Kier alpha value is -1.46. The van der Waals surface area contributed by atoms with Crippen molar-refractivity contribution in [3.8, 4) is 0 Å². The van der Waals surface area contributed by atoms with Crippen molar-refractivity contribution >= 4 is 5.91 Å². The molecule has 1 aliphatic rings. The van der Waals surface area contributed by atoms with E-state index in [2.05, 4.69) is 22.2 Å². The fourth-order valence-electron chi connectivity index (χ4n) is 2.34. The maximum atomic E-state index is 12.0. The molecule has 1 aliphatic heterocycles. The number of pyridine rings is 1. The largest absolute Gasteiger partial charge is 0.352 e. The summed E-state index contributed by atoms with van der Waals surface area (Å²) in [5.41, 5.74) is 6.91. The number of aromatic nitrogens is 1. The lowest BCUT2D eigenvalue weighted by atomic mass is 9.97. The van der Waals surface area contributed by atoms with Crippen molar-refractivity contribution in [1.29, 1.82) is 0 Å². The van der Waals surface area contributed by atoms with Crippen molar-refractivity contribution in [3.05, 3.63) is 29.6 Å². The van der Waals surface area contributed by atoms with Crippen molar-refractivity contribution in [2.75, 3.05) is 26.7 Å². The molecule has 1 saturated heterocycles. The second kappa shape index (κ2) is 6.63. The summed E-state index contributed by atoms with van der Waals surface area (Å²) in [6, 6.07) is 3.48. The highest BCUT2D eigenvalue weighted by atomic mass is 16.1. The van der Waals surface area contributed by atoms with Crippen LogP contribution < -0.4 is 11.1 Å². The zero-order chi connectivity index (χ0) is 13.7. The number of hydrogen-bond donors (Lipinski definition) is 2. The van der Waals surface area contributed by atoms with Crippen LogP contribution in [-0.4, -0.2) is 42.5 Å². The number of nitrogens with two attached hydrogens (primary N) is 1. The number of hydrogen-bond acceptors (Lipinski definition) is 4. The molecular weight excluding hydrogens is 240 g/mol. The molecule has 2 rings (SSSR count). The van der Waals surface area contributed by atoms with Gasteiger partial charge in [0, 0.05) is 24.8 Å². The Bertz CT molecular complexity index is 427. The van der Waals surface area contributed by atoms with Crippen molar-refractivity contribution in [2.45, 2.75) is 19.4 Å². The average Bonchev–Trinajstić information content (AvgIpc) is 2.46. The number of carbonyl (C=O) groups is 1. The van der Waals surface area contributed by atoms with Crippen LogP contribution >= 0.6 is 0 Å². The molecule has 0 radical (unpaired) electrons. The number of nitrogens with zero attached hydrogens (tertiary/aromatic N) is 2. The standard InChI is InChI=1S/C14H22N4O/c1-18-6-3-11(4-7-18)10-17-14(19)12-2-5-16-13(8-12)9-15/h2,5,8,11H,3-4,6-7,9-10,15H2,1H3,(H,17,19). The topological polar surface area (TPSA) is 71.2 Å². The van der Waals surface area contributed by atoms with Crippen LogP contribution in [0.25, 0.3) is 0 Å². The highest BCUT2D eigenvalue weighted by molar-refractivity contribution is 5.94. The molecule has 0 spiro atoms. The number of piperidine rings is 1. The molecule has 19 heavy (non-hydrogen) atoms. The van der Waals surface area contributed by atoms with Crippen molar-refractivity contribution < 1.29 is 4.79 Å². The zero-order valence-corrected chi connectivity index (χ0v) is 11.4. The van der Waals surface area contributed by atoms with Crippen molar-refractivity contribution in [3.63, 3.8) is 0 Å². The molecule has 1 aromatic heterocycles. The van der Waals surface area contributed by atoms with Crippen molar-refractivity contribution in [1.82, 2.24) is 15.2 Å². The van der Waals surface area contributed by atoms with E-state index in [4.69, 9.17) is 5.73 Å². The SMILES string of the molecule is CN1CCC(CNC(=O)c2ccnc(CN)c2)CC1. The van der Waals surface area contributed by atoms with Gasteiger partial charge in [-0.2, -0.15) is 0 Å². The fraction of sp³-hybridized carbons (Fsp3) is 0.571. The van der Waals surface area contributed by atoms with Gasteiger partial charge in [-0.1, -0.05) is 0 Å². The minimum absolute atomic E-state index is 0.0315. The quantitative estimate of drug-likeness (QED) is 0.834. The van der Waals surface area contributed by atoms with Crippen molar-refractivity contribution in [2.24, 2.45) is 11.7 Å². The van der Waals surface area contributed by atoms with Gasteiger partial charge >= 0.3 is 0 Å². The number of carbonyl (C=O) groups excluding carboxylic acids is 1. The van der Waals surface area contributed by atoms with Crippen LogP contribution in [0.2, 0.25) is 0 Å². The Labute approximate surface area is 114 Å². The first-order chi connectivity index (χ1) is 9.19. The number of likely N-dealkylation sites (tertiary alicyclic amines) is 1. The van der Waals surface area contributed by atoms with E-state index < -0.39 is 0 Å². The lowest BCUT2D eigenvalue weighted by molar-refractivity contribution is 0.0939. The molecule has 1 fully saturated rings.